The van der Waals surface area contributed by atoms with E-state index in [1.54, 1.807) is 0 Å². The molecule has 0 aromatic heterocycles. The smallest absolute Gasteiger partial charge is 0.306 e. The van der Waals surface area contributed by atoms with Gasteiger partial charge in [-0.1, -0.05) is 54.6 Å². The predicted molar refractivity (Wildman–Crippen MR) is 76.8 cm³/mol. The minimum Gasteiger partial charge on any atom is -0.466 e. The summed E-state index contributed by atoms with van der Waals surface area (Å²) in [6.07, 6.45) is 1.16. The van der Waals surface area contributed by atoms with Gasteiger partial charge in [0.1, 0.15) is 0 Å². The molecule has 0 aliphatic rings. The zero-order valence-electron chi connectivity index (χ0n) is 11.1. The largest absolute Gasteiger partial charge is 0.466 e. The molecule has 19 heavy (non-hydrogen) atoms. The van der Waals surface area contributed by atoms with Crippen molar-refractivity contribution in [3.05, 3.63) is 60.2 Å². The maximum Gasteiger partial charge on any atom is 0.306 e. The molecule has 0 N–H and O–H groups in total. The van der Waals surface area contributed by atoms with E-state index < -0.39 is 0 Å². The van der Waals surface area contributed by atoms with Crippen LogP contribution < -0.4 is 0 Å². The van der Waals surface area contributed by atoms with Crippen LogP contribution in [0.4, 0.5) is 0 Å². The molecular formula is C17H18O2. The first-order chi connectivity index (χ1) is 9.29. The van der Waals surface area contributed by atoms with Crippen LogP contribution >= 0.6 is 0 Å². The predicted octanol–water partition coefficient (Wildman–Crippen LogP) is 3.85. The Morgan fingerprint density at radius 1 is 1.00 bits per heavy atom. The molecule has 0 heterocycles. The second kappa shape index (κ2) is 6.74. The lowest BCUT2D eigenvalue weighted by Crippen LogP contribution is -2.05. The van der Waals surface area contributed by atoms with Crippen LogP contribution in [0.5, 0.6) is 0 Å². The third-order valence-electron chi connectivity index (χ3n) is 2.96. The fourth-order valence-electron chi connectivity index (χ4n) is 2.02. The molecule has 2 aromatic carbocycles. The van der Waals surface area contributed by atoms with Gasteiger partial charge in [0.25, 0.3) is 0 Å². The molecule has 0 amide bonds. The van der Waals surface area contributed by atoms with E-state index in [4.69, 9.17) is 4.74 Å². The van der Waals surface area contributed by atoms with E-state index in [1.165, 1.54) is 11.1 Å². The van der Waals surface area contributed by atoms with Crippen molar-refractivity contribution in [1.82, 2.24) is 0 Å². The fraction of sp³-hybridized carbons (Fsp3) is 0.235. The zero-order valence-corrected chi connectivity index (χ0v) is 11.1. The summed E-state index contributed by atoms with van der Waals surface area (Å²) in [6, 6.07) is 18.5. The highest BCUT2D eigenvalue weighted by molar-refractivity contribution is 5.70. The van der Waals surface area contributed by atoms with Crippen molar-refractivity contribution in [3.8, 4) is 11.1 Å². The van der Waals surface area contributed by atoms with Gasteiger partial charge in [0.2, 0.25) is 0 Å². The molecule has 0 spiro atoms. The molecule has 2 heteroatoms. The number of esters is 1. The Labute approximate surface area is 114 Å². The fourth-order valence-corrected chi connectivity index (χ4v) is 2.02. The molecule has 0 atom stereocenters. The van der Waals surface area contributed by atoms with E-state index in [-0.39, 0.29) is 5.97 Å². The van der Waals surface area contributed by atoms with E-state index in [0.717, 1.165) is 12.0 Å². The molecule has 0 bridgehead atoms. The first-order valence-electron chi connectivity index (χ1n) is 6.59. The summed E-state index contributed by atoms with van der Waals surface area (Å²) in [5.41, 5.74) is 3.54. The van der Waals surface area contributed by atoms with Crippen LogP contribution in [0, 0.1) is 0 Å². The van der Waals surface area contributed by atoms with E-state index in [9.17, 15) is 4.79 Å². The van der Waals surface area contributed by atoms with Crippen LogP contribution in [0.3, 0.4) is 0 Å². The van der Waals surface area contributed by atoms with Crippen molar-refractivity contribution < 1.29 is 9.53 Å². The topological polar surface area (TPSA) is 26.3 Å². The minimum absolute atomic E-state index is 0.132. The maximum absolute atomic E-state index is 11.3. The van der Waals surface area contributed by atoms with Crippen molar-refractivity contribution in [2.45, 2.75) is 19.8 Å². The van der Waals surface area contributed by atoms with Gasteiger partial charge in [0.15, 0.2) is 0 Å². The van der Waals surface area contributed by atoms with Crippen LogP contribution in [0.1, 0.15) is 18.9 Å². The molecule has 0 aliphatic carbocycles. The minimum atomic E-state index is -0.132. The lowest BCUT2D eigenvalue weighted by molar-refractivity contribution is -0.143. The van der Waals surface area contributed by atoms with E-state index in [1.807, 2.05) is 37.3 Å². The number of carbonyl (C=O) groups is 1. The molecule has 0 saturated heterocycles. The number of carbonyl (C=O) groups excluding carboxylic acids is 1. The highest BCUT2D eigenvalue weighted by Crippen LogP contribution is 2.20. The van der Waals surface area contributed by atoms with Gasteiger partial charge in [0, 0.05) is 6.42 Å². The van der Waals surface area contributed by atoms with E-state index in [0.29, 0.717) is 13.0 Å². The van der Waals surface area contributed by atoms with E-state index >= 15 is 0 Å². The van der Waals surface area contributed by atoms with Crippen LogP contribution in [0.15, 0.2) is 54.6 Å². The van der Waals surface area contributed by atoms with Gasteiger partial charge in [-0.15, -0.1) is 0 Å². The Hall–Kier alpha value is -2.09. The highest BCUT2D eigenvalue weighted by Gasteiger charge is 2.04. The van der Waals surface area contributed by atoms with Crippen molar-refractivity contribution in [2.24, 2.45) is 0 Å². The van der Waals surface area contributed by atoms with Gasteiger partial charge >= 0.3 is 5.97 Å². The number of aryl methyl sites for hydroxylation is 1. The second-order valence-electron chi connectivity index (χ2n) is 4.37. The summed E-state index contributed by atoms with van der Waals surface area (Å²) in [5.74, 6) is -0.132. The second-order valence-corrected chi connectivity index (χ2v) is 4.37. The number of benzene rings is 2. The quantitative estimate of drug-likeness (QED) is 0.757. The molecule has 2 aromatic rings. The zero-order chi connectivity index (χ0) is 13.5. The normalized spacial score (nSPS) is 10.2. The third-order valence-corrected chi connectivity index (χ3v) is 2.96. The van der Waals surface area contributed by atoms with Crippen molar-refractivity contribution in [3.63, 3.8) is 0 Å². The first-order valence-corrected chi connectivity index (χ1v) is 6.59. The Bertz CT molecular complexity index is 532. The van der Waals surface area contributed by atoms with Gasteiger partial charge in [-0.05, 0) is 30.0 Å². The average Bonchev–Trinajstić information content (AvgIpc) is 2.47. The monoisotopic (exact) mass is 254 g/mol. The Morgan fingerprint density at radius 2 is 1.74 bits per heavy atom. The average molecular weight is 254 g/mol. The van der Waals surface area contributed by atoms with Crippen LogP contribution in [0.2, 0.25) is 0 Å². The van der Waals surface area contributed by atoms with Gasteiger partial charge in [0.05, 0.1) is 6.61 Å². The number of ether oxygens (including phenoxy) is 1. The summed E-state index contributed by atoms with van der Waals surface area (Å²) >= 11 is 0. The van der Waals surface area contributed by atoms with Gasteiger partial charge < -0.3 is 4.74 Å². The molecule has 0 unspecified atom stereocenters. The van der Waals surface area contributed by atoms with E-state index in [2.05, 4.69) is 24.3 Å². The van der Waals surface area contributed by atoms with Gasteiger partial charge in [-0.3, -0.25) is 4.79 Å². The van der Waals surface area contributed by atoms with Gasteiger partial charge in [-0.2, -0.15) is 0 Å². The maximum atomic E-state index is 11.3. The molecular weight excluding hydrogens is 236 g/mol. The van der Waals surface area contributed by atoms with Crippen molar-refractivity contribution >= 4 is 5.97 Å². The highest BCUT2D eigenvalue weighted by atomic mass is 16.5. The lowest BCUT2D eigenvalue weighted by Gasteiger charge is -2.05. The van der Waals surface area contributed by atoms with Crippen LogP contribution in [-0.4, -0.2) is 12.6 Å². The molecule has 98 valence electrons. The Balaban J connectivity index is 2.06. The van der Waals surface area contributed by atoms with Crippen LogP contribution in [0.25, 0.3) is 11.1 Å². The first kappa shape index (κ1) is 13.3. The molecule has 2 rings (SSSR count). The molecule has 0 radical (unpaired) electrons. The van der Waals surface area contributed by atoms with Crippen LogP contribution in [-0.2, 0) is 16.0 Å². The standard InChI is InChI=1S/C17H18O2/c1-2-19-17(18)12-11-14-7-6-10-16(13-14)15-8-4-3-5-9-15/h3-10,13H,2,11-12H2,1H3. The SMILES string of the molecule is CCOC(=O)CCc1cccc(-c2ccccc2)c1. The summed E-state index contributed by atoms with van der Waals surface area (Å²) < 4.78 is 4.94. The van der Waals surface area contributed by atoms with Crippen molar-refractivity contribution in [1.29, 1.82) is 0 Å². The Morgan fingerprint density at radius 3 is 2.47 bits per heavy atom. The molecule has 0 fully saturated rings. The summed E-state index contributed by atoms with van der Waals surface area (Å²) in [6.45, 7) is 2.27. The summed E-state index contributed by atoms with van der Waals surface area (Å²) in [5, 5.41) is 0. The van der Waals surface area contributed by atoms with Gasteiger partial charge in [-0.25, -0.2) is 0 Å². The van der Waals surface area contributed by atoms with Crippen molar-refractivity contribution in [2.75, 3.05) is 6.61 Å². The summed E-state index contributed by atoms with van der Waals surface area (Å²) in [7, 11) is 0. The number of rotatable bonds is 5. The third kappa shape index (κ3) is 3.95. The lowest BCUT2D eigenvalue weighted by atomic mass is 10.0. The Kier molecular flexibility index (Phi) is 4.73. The summed E-state index contributed by atoms with van der Waals surface area (Å²) in [4.78, 5) is 11.3. The number of hydrogen-bond donors (Lipinski definition) is 0. The molecule has 2 nitrogen and oxygen atoms in total. The molecule has 0 aliphatic heterocycles. The number of hydrogen-bond acceptors (Lipinski definition) is 2. The molecule has 0 saturated carbocycles.